The molecule has 6 aromatic carbocycles. The number of fused-ring (bicyclic) bond motifs is 11. The number of benzene rings is 6. The van der Waals surface area contributed by atoms with Gasteiger partial charge in [-0.3, -0.25) is 4.98 Å². The first-order valence-electron chi connectivity index (χ1n) is 24.7. The van der Waals surface area contributed by atoms with E-state index in [-0.39, 0.29) is 0 Å². The van der Waals surface area contributed by atoms with E-state index >= 15 is 0 Å². The number of nitrogens with zero attached hydrogens (tertiary/aromatic N) is 1. The molecule has 5 heteroatoms. The molecular formula is C60H65NO4. The van der Waals surface area contributed by atoms with Gasteiger partial charge >= 0.3 is 0 Å². The highest BCUT2D eigenvalue weighted by Crippen LogP contribution is 2.65. The molecule has 65 heavy (non-hydrogen) atoms. The Morgan fingerprint density at radius 2 is 0.877 bits per heavy atom. The van der Waals surface area contributed by atoms with Gasteiger partial charge in [0.15, 0.2) is 23.0 Å². The van der Waals surface area contributed by atoms with Crippen molar-refractivity contribution in [1.29, 1.82) is 0 Å². The van der Waals surface area contributed by atoms with Crippen molar-refractivity contribution in [2.75, 3.05) is 26.4 Å². The molecule has 1 spiro atoms. The Morgan fingerprint density at radius 3 is 1.48 bits per heavy atom. The molecule has 1 aromatic heterocycles. The zero-order valence-electron chi connectivity index (χ0n) is 39.0. The van der Waals surface area contributed by atoms with Gasteiger partial charge in [0.1, 0.15) is 0 Å². The van der Waals surface area contributed by atoms with E-state index in [4.69, 9.17) is 23.9 Å². The van der Waals surface area contributed by atoms with E-state index < -0.39 is 5.41 Å². The van der Waals surface area contributed by atoms with Gasteiger partial charge in [-0.1, -0.05) is 158 Å². The van der Waals surface area contributed by atoms with Crippen LogP contribution in [0.1, 0.15) is 127 Å². The maximum Gasteiger partial charge on any atom is 0.161 e. The third-order valence-electron chi connectivity index (χ3n) is 13.5. The Hall–Kier alpha value is -6.07. The van der Waals surface area contributed by atoms with Crippen LogP contribution < -0.4 is 18.9 Å². The average Bonchev–Trinajstić information content (AvgIpc) is 3.79. The molecule has 2 aliphatic rings. The number of hydrogen-bond donors (Lipinski definition) is 0. The van der Waals surface area contributed by atoms with Gasteiger partial charge in [0.05, 0.1) is 37.5 Å². The highest BCUT2D eigenvalue weighted by Gasteiger charge is 2.53. The number of ether oxygens (including phenoxy) is 4. The summed E-state index contributed by atoms with van der Waals surface area (Å²) >= 11 is 0. The van der Waals surface area contributed by atoms with Crippen LogP contribution in [0.15, 0.2) is 128 Å². The van der Waals surface area contributed by atoms with Crippen LogP contribution in [-0.4, -0.2) is 31.4 Å². The van der Waals surface area contributed by atoms with E-state index in [1.807, 2.05) is 6.20 Å². The van der Waals surface area contributed by atoms with Crippen molar-refractivity contribution in [3.63, 3.8) is 0 Å². The Balaban J connectivity index is 1.24. The summed E-state index contributed by atoms with van der Waals surface area (Å²) in [5.74, 6) is 3.26. The molecular weight excluding hydrogens is 799 g/mol. The van der Waals surface area contributed by atoms with Crippen LogP contribution in [0.25, 0.3) is 55.4 Å². The van der Waals surface area contributed by atoms with Gasteiger partial charge < -0.3 is 18.9 Å². The SMILES string of the molecule is CCCCCOc1cc2c(cc1OCCCCC)C1(c3ccccc3-c3cc(-c4cccc(-c5nccc6ccccc56)c4)ccc31)c1cc(OCCCCC)c(OCCCCC)cc1-2. The fourth-order valence-electron chi connectivity index (χ4n) is 10.2. The normalized spacial score (nSPS) is 12.8. The Labute approximate surface area is 387 Å². The quantitative estimate of drug-likeness (QED) is 0.0635. The zero-order chi connectivity index (χ0) is 44.6. The molecule has 0 saturated heterocycles. The average molecular weight is 864 g/mol. The molecule has 0 saturated carbocycles. The Kier molecular flexibility index (Phi) is 13.9. The molecule has 0 amide bonds. The van der Waals surface area contributed by atoms with Crippen molar-refractivity contribution < 1.29 is 18.9 Å². The lowest BCUT2D eigenvalue weighted by Gasteiger charge is -2.31. The van der Waals surface area contributed by atoms with Gasteiger partial charge in [-0.15, -0.1) is 0 Å². The number of pyridine rings is 1. The van der Waals surface area contributed by atoms with E-state index in [1.54, 1.807) is 0 Å². The van der Waals surface area contributed by atoms with E-state index in [9.17, 15) is 0 Å². The fourth-order valence-corrected chi connectivity index (χ4v) is 10.2. The van der Waals surface area contributed by atoms with Crippen molar-refractivity contribution in [3.05, 3.63) is 150 Å². The van der Waals surface area contributed by atoms with Crippen LogP contribution >= 0.6 is 0 Å². The van der Waals surface area contributed by atoms with E-state index in [0.29, 0.717) is 26.4 Å². The molecule has 0 N–H and O–H groups in total. The number of rotatable bonds is 22. The van der Waals surface area contributed by atoms with Gasteiger partial charge in [-0.25, -0.2) is 0 Å². The minimum absolute atomic E-state index is 0.631. The maximum absolute atomic E-state index is 6.77. The highest BCUT2D eigenvalue weighted by atomic mass is 16.5. The second kappa shape index (κ2) is 20.4. The minimum Gasteiger partial charge on any atom is -0.490 e. The monoisotopic (exact) mass is 863 g/mol. The first-order valence-corrected chi connectivity index (χ1v) is 24.7. The third kappa shape index (κ3) is 8.63. The molecule has 334 valence electrons. The van der Waals surface area contributed by atoms with Crippen LogP contribution in [-0.2, 0) is 5.41 Å². The zero-order valence-corrected chi connectivity index (χ0v) is 39.0. The second-order valence-corrected chi connectivity index (χ2v) is 17.9. The molecule has 0 fully saturated rings. The topological polar surface area (TPSA) is 49.8 Å². The van der Waals surface area contributed by atoms with Gasteiger partial charge in [-0.2, -0.15) is 0 Å². The number of hydrogen-bond acceptors (Lipinski definition) is 5. The summed E-state index contributed by atoms with van der Waals surface area (Å²) in [6.07, 6.45) is 15.0. The van der Waals surface area contributed by atoms with Crippen molar-refractivity contribution >= 4 is 10.8 Å². The molecule has 7 aromatic rings. The Morgan fingerprint density at radius 1 is 0.385 bits per heavy atom. The minimum atomic E-state index is -0.631. The molecule has 0 unspecified atom stereocenters. The first-order chi connectivity index (χ1) is 32.1. The summed E-state index contributed by atoms with van der Waals surface area (Å²) < 4.78 is 26.9. The largest absolute Gasteiger partial charge is 0.490 e. The summed E-state index contributed by atoms with van der Waals surface area (Å²) in [4.78, 5) is 4.88. The molecule has 0 atom stereocenters. The lowest BCUT2D eigenvalue weighted by molar-refractivity contribution is 0.259. The van der Waals surface area contributed by atoms with Crippen LogP contribution in [0.3, 0.4) is 0 Å². The van der Waals surface area contributed by atoms with Crippen molar-refractivity contribution in [2.24, 2.45) is 0 Å². The summed E-state index contributed by atoms with van der Waals surface area (Å²) in [5, 5.41) is 2.34. The maximum atomic E-state index is 6.77. The van der Waals surface area contributed by atoms with E-state index in [0.717, 1.165) is 133 Å². The lowest BCUT2D eigenvalue weighted by Crippen LogP contribution is -2.26. The van der Waals surface area contributed by atoms with Crippen molar-refractivity contribution in [3.8, 4) is 67.6 Å². The van der Waals surface area contributed by atoms with Gasteiger partial charge in [0.25, 0.3) is 0 Å². The third-order valence-corrected chi connectivity index (χ3v) is 13.5. The molecule has 0 bridgehead atoms. The van der Waals surface area contributed by atoms with Crippen LogP contribution in [0.5, 0.6) is 23.0 Å². The Bertz CT molecular complexity index is 2670. The standard InChI is InChI=1S/C60H65NO4/c1-5-9-17-32-62-55-38-49-50-39-56(63-33-18-10-6-2)58(65-35-20-12-8-4)41-54(50)60(53(49)40-57(55)64-34-19-11-7-3)51-27-16-15-26-47(51)48-37-44(28-29-52(48)60)43-23-21-24-45(36-43)59-46-25-14-13-22-42(46)30-31-61-59/h13-16,21-31,36-41H,5-12,17-20,32-35H2,1-4H3. The van der Waals surface area contributed by atoms with Gasteiger partial charge in [0, 0.05) is 17.1 Å². The highest BCUT2D eigenvalue weighted by molar-refractivity contribution is 5.98. The van der Waals surface area contributed by atoms with Crippen LogP contribution in [0.4, 0.5) is 0 Å². The number of unbranched alkanes of at least 4 members (excludes halogenated alkanes) is 8. The molecule has 0 aliphatic heterocycles. The second-order valence-electron chi connectivity index (χ2n) is 17.9. The fraction of sp³-hybridized carbons (Fsp3) is 0.350. The lowest BCUT2D eigenvalue weighted by atomic mass is 9.70. The summed E-state index contributed by atoms with van der Waals surface area (Å²) in [7, 11) is 0. The predicted molar refractivity (Wildman–Crippen MR) is 269 cm³/mol. The van der Waals surface area contributed by atoms with Crippen LogP contribution in [0, 0.1) is 0 Å². The molecule has 5 nitrogen and oxygen atoms in total. The molecule has 0 radical (unpaired) electrons. The van der Waals surface area contributed by atoms with Crippen LogP contribution in [0.2, 0.25) is 0 Å². The summed E-state index contributed by atoms with van der Waals surface area (Å²) in [5.41, 5.74) is 13.5. The molecule has 1 heterocycles. The smallest absolute Gasteiger partial charge is 0.161 e. The van der Waals surface area contributed by atoms with Gasteiger partial charge in [-0.05, 0) is 129 Å². The van der Waals surface area contributed by atoms with E-state index in [2.05, 4.69) is 149 Å². The van der Waals surface area contributed by atoms with Crippen molar-refractivity contribution in [2.45, 2.75) is 110 Å². The number of aromatic nitrogens is 1. The van der Waals surface area contributed by atoms with Crippen molar-refractivity contribution in [1.82, 2.24) is 4.98 Å². The van der Waals surface area contributed by atoms with E-state index in [1.165, 1.54) is 44.3 Å². The van der Waals surface area contributed by atoms with Gasteiger partial charge in [0.2, 0.25) is 0 Å². The first kappa shape index (κ1) is 44.1. The predicted octanol–water partition coefficient (Wildman–Crippen LogP) is 16.2. The molecule has 9 rings (SSSR count). The molecule has 2 aliphatic carbocycles. The summed E-state index contributed by atoms with van der Waals surface area (Å²) in [6.45, 7) is 11.5. The summed E-state index contributed by atoms with van der Waals surface area (Å²) in [6, 6.07) is 44.8.